The number of aromatic hydroxyl groups is 1. The molecule has 6 unspecified atom stereocenters. The maximum atomic E-state index is 13.7. The smallest absolute Gasteiger partial charge is 0.328 e. The van der Waals surface area contributed by atoms with Gasteiger partial charge in [-0.3, -0.25) is 24.1 Å². The van der Waals surface area contributed by atoms with E-state index in [4.69, 9.17) is 45.3 Å². The first kappa shape index (κ1) is 26.3. The molecular weight excluding hydrogens is 617 g/mol. The molecule has 3 N–H and O–H groups in total. The Hall–Kier alpha value is -2.34. The molecule has 3 fully saturated rings. The standard InChI is InChI=1S/C23H19BrCl3N3O7/c1-37-13-5-8(4-12(25)16(13)31)15-9-2-3-10-14(18(33)30(17(10)32)21(28)36)11(9)6-22(26)19(34)29(7-24)20(35)23(15,22)27/h2,4-5,10-11,14-15,31H,3,6-7H2,1H3,(H2,28,36). The molecule has 2 heterocycles. The molecule has 2 aliphatic heterocycles. The number of benzene rings is 1. The van der Waals surface area contributed by atoms with Crippen molar-refractivity contribution in [2.75, 3.05) is 12.6 Å². The van der Waals surface area contributed by atoms with Gasteiger partial charge in [0.1, 0.15) is 0 Å². The highest BCUT2D eigenvalue weighted by Crippen LogP contribution is 2.66. The molecule has 37 heavy (non-hydrogen) atoms. The number of amides is 6. The Labute approximate surface area is 233 Å². The molecule has 14 heteroatoms. The van der Waals surface area contributed by atoms with Gasteiger partial charge >= 0.3 is 6.03 Å². The van der Waals surface area contributed by atoms with Gasteiger partial charge in [0.15, 0.2) is 21.2 Å². The van der Waals surface area contributed by atoms with Crippen molar-refractivity contribution in [1.29, 1.82) is 0 Å². The predicted octanol–water partition coefficient (Wildman–Crippen LogP) is 2.84. The number of halogens is 4. The number of carbonyl (C=O) groups excluding carboxylic acids is 5. The van der Waals surface area contributed by atoms with E-state index in [-0.39, 0.29) is 34.8 Å². The molecule has 1 saturated carbocycles. The molecule has 4 aliphatic rings. The van der Waals surface area contributed by atoms with Crippen LogP contribution in [-0.4, -0.2) is 66.9 Å². The summed E-state index contributed by atoms with van der Waals surface area (Å²) in [5, 5.41) is 10.2. The van der Waals surface area contributed by atoms with E-state index >= 15 is 0 Å². The Kier molecular flexibility index (Phi) is 6.10. The fourth-order valence-electron chi connectivity index (χ4n) is 6.26. The van der Waals surface area contributed by atoms with E-state index < -0.39 is 63.1 Å². The van der Waals surface area contributed by atoms with Crippen LogP contribution in [-0.2, 0) is 19.2 Å². The number of likely N-dealkylation sites (tertiary alicyclic amines) is 2. The van der Waals surface area contributed by atoms with Crippen LogP contribution >= 0.6 is 50.7 Å². The van der Waals surface area contributed by atoms with Gasteiger partial charge in [-0.25, -0.2) is 4.79 Å². The maximum absolute atomic E-state index is 13.7. The van der Waals surface area contributed by atoms with E-state index in [2.05, 4.69) is 15.9 Å². The Balaban J connectivity index is 1.76. The van der Waals surface area contributed by atoms with Crippen molar-refractivity contribution in [3.63, 3.8) is 0 Å². The number of hydrogen-bond acceptors (Lipinski definition) is 7. The van der Waals surface area contributed by atoms with Crippen LogP contribution < -0.4 is 10.5 Å². The van der Waals surface area contributed by atoms with Crippen LogP contribution in [0.1, 0.15) is 24.3 Å². The summed E-state index contributed by atoms with van der Waals surface area (Å²) in [6.45, 7) is 0. The first-order chi connectivity index (χ1) is 17.3. The highest BCUT2D eigenvalue weighted by atomic mass is 79.9. The zero-order valence-electron chi connectivity index (χ0n) is 19.0. The minimum Gasteiger partial charge on any atom is -0.503 e. The predicted molar refractivity (Wildman–Crippen MR) is 134 cm³/mol. The average molecular weight is 636 g/mol. The first-order valence-corrected chi connectivity index (χ1v) is 13.3. The van der Waals surface area contributed by atoms with Crippen LogP contribution in [0, 0.1) is 17.8 Å². The van der Waals surface area contributed by atoms with Crippen molar-refractivity contribution in [1.82, 2.24) is 9.80 Å². The second kappa shape index (κ2) is 8.59. The number of primary amides is 1. The number of fused-ring (bicyclic) bond motifs is 4. The van der Waals surface area contributed by atoms with Gasteiger partial charge in [-0.2, -0.15) is 4.90 Å². The highest BCUT2D eigenvalue weighted by molar-refractivity contribution is 9.09. The summed E-state index contributed by atoms with van der Waals surface area (Å²) in [5.41, 5.74) is 5.92. The van der Waals surface area contributed by atoms with Crippen LogP contribution in [0.5, 0.6) is 11.5 Å². The van der Waals surface area contributed by atoms with Crippen LogP contribution in [0.15, 0.2) is 23.8 Å². The molecule has 0 bridgehead atoms. The Morgan fingerprint density at radius 2 is 1.86 bits per heavy atom. The summed E-state index contributed by atoms with van der Waals surface area (Å²) >= 11 is 23.6. The number of nitrogens with zero attached hydrogens (tertiary/aromatic N) is 2. The zero-order valence-corrected chi connectivity index (χ0v) is 22.9. The number of urea groups is 1. The molecule has 10 nitrogen and oxygen atoms in total. The van der Waals surface area contributed by atoms with E-state index in [1.54, 1.807) is 6.08 Å². The van der Waals surface area contributed by atoms with Gasteiger partial charge in [-0.1, -0.05) is 39.2 Å². The quantitative estimate of drug-likeness (QED) is 0.225. The van der Waals surface area contributed by atoms with Crippen molar-refractivity contribution in [2.24, 2.45) is 23.5 Å². The van der Waals surface area contributed by atoms with Gasteiger partial charge in [0.2, 0.25) is 11.8 Å². The molecule has 0 spiro atoms. The Bertz CT molecular complexity index is 1340. The highest BCUT2D eigenvalue weighted by Gasteiger charge is 2.76. The average Bonchev–Trinajstić information content (AvgIpc) is 3.19. The van der Waals surface area contributed by atoms with Crippen molar-refractivity contribution in [2.45, 2.75) is 28.5 Å². The zero-order chi connectivity index (χ0) is 27.2. The summed E-state index contributed by atoms with van der Waals surface area (Å²) in [6, 6.07) is 1.61. The van der Waals surface area contributed by atoms with Crippen LogP contribution in [0.3, 0.4) is 0 Å². The first-order valence-electron chi connectivity index (χ1n) is 11.1. The number of allylic oxidation sites excluding steroid dienone is 2. The minimum absolute atomic E-state index is 0.0134. The largest absolute Gasteiger partial charge is 0.503 e. The summed E-state index contributed by atoms with van der Waals surface area (Å²) in [7, 11) is 1.31. The number of phenols is 1. The van der Waals surface area contributed by atoms with Gasteiger partial charge in [0, 0.05) is 5.92 Å². The SMILES string of the molecule is COc1cc(C2C3=CCC4C(=O)N(C(N)=O)C(=O)C4C3CC3(Cl)C(=O)N(CBr)C(=O)C23Cl)cc(Cl)c1O. The van der Waals surface area contributed by atoms with Gasteiger partial charge in [0.25, 0.3) is 11.8 Å². The lowest BCUT2D eigenvalue weighted by molar-refractivity contribution is -0.139. The molecule has 1 aromatic rings. The summed E-state index contributed by atoms with van der Waals surface area (Å²) in [6.07, 6.45) is 1.51. The molecule has 0 radical (unpaired) electrons. The monoisotopic (exact) mass is 633 g/mol. The molecule has 6 amide bonds. The van der Waals surface area contributed by atoms with Crippen molar-refractivity contribution >= 4 is 80.4 Å². The lowest BCUT2D eigenvalue weighted by Crippen LogP contribution is -2.60. The molecule has 1 aromatic carbocycles. The van der Waals surface area contributed by atoms with Gasteiger partial charge in [0.05, 0.1) is 29.4 Å². The van der Waals surface area contributed by atoms with E-state index in [1.807, 2.05) is 0 Å². The molecule has 0 aromatic heterocycles. The third kappa shape index (κ3) is 3.20. The van der Waals surface area contributed by atoms with Crippen LogP contribution in [0.2, 0.25) is 5.02 Å². The number of ether oxygens (including phenoxy) is 1. The summed E-state index contributed by atoms with van der Waals surface area (Å²) in [5.74, 6) is -7.29. The third-order valence-electron chi connectivity index (χ3n) is 7.84. The minimum atomic E-state index is -2.05. The van der Waals surface area contributed by atoms with Crippen molar-refractivity contribution in [3.8, 4) is 11.5 Å². The molecule has 5 rings (SSSR count). The molecule has 196 valence electrons. The van der Waals surface area contributed by atoms with Crippen LogP contribution in [0.25, 0.3) is 0 Å². The fraction of sp³-hybridized carbons (Fsp3) is 0.435. The number of rotatable bonds is 3. The van der Waals surface area contributed by atoms with Crippen molar-refractivity contribution < 1.29 is 33.8 Å². The van der Waals surface area contributed by atoms with E-state index in [0.717, 1.165) is 4.90 Å². The summed E-state index contributed by atoms with van der Waals surface area (Å²) < 4.78 is 5.24. The van der Waals surface area contributed by atoms with Gasteiger partial charge in [-0.15, -0.1) is 23.2 Å². The van der Waals surface area contributed by atoms with Gasteiger partial charge < -0.3 is 15.6 Å². The number of alkyl halides is 3. The Morgan fingerprint density at radius 3 is 2.46 bits per heavy atom. The molecular formula is C23H19BrCl3N3O7. The number of methoxy groups -OCH3 is 1. The fourth-order valence-corrected chi connectivity index (χ4v) is 7.90. The van der Waals surface area contributed by atoms with Crippen molar-refractivity contribution in [3.05, 3.63) is 34.4 Å². The normalized spacial score (nSPS) is 34.8. The number of hydrogen-bond donors (Lipinski definition) is 2. The van der Waals surface area contributed by atoms with Gasteiger partial charge in [-0.05, 0) is 36.5 Å². The Morgan fingerprint density at radius 1 is 1.19 bits per heavy atom. The molecule has 6 atom stereocenters. The summed E-state index contributed by atoms with van der Waals surface area (Å²) in [4.78, 5) is 62.5. The molecule has 2 saturated heterocycles. The van der Waals surface area contributed by atoms with Crippen LogP contribution in [0.4, 0.5) is 4.79 Å². The molecule has 2 aliphatic carbocycles. The third-order valence-corrected chi connectivity index (χ3v) is 10.0. The van der Waals surface area contributed by atoms with E-state index in [0.29, 0.717) is 16.0 Å². The number of carbonyl (C=O) groups is 5. The second-order valence-corrected chi connectivity index (χ2v) is 11.5. The van der Waals surface area contributed by atoms with E-state index in [9.17, 15) is 29.1 Å². The number of phenolic OH excluding ortho intramolecular Hbond substituents is 1. The lowest BCUT2D eigenvalue weighted by atomic mass is 9.56. The van der Waals surface area contributed by atoms with E-state index in [1.165, 1.54) is 19.2 Å². The second-order valence-electron chi connectivity index (χ2n) is 9.39. The lowest BCUT2D eigenvalue weighted by Gasteiger charge is -2.50. The topological polar surface area (TPSA) is 147 Å². The number of nitrogens with two attached hydrogens (primary N) is 1. The maximum Gasteiger partial charge on any atom is 0.328 e. The number of imide groups is 4.